The molecule has 0 radical (unpaired) electrons. The summed E-state index contributed by atoms with van der Waals surface area (Å²) in [6, 6.07) is 12.4. The van der Waals surface area contributed by atoms with Crippen LogP contribution in [0.2, 0.25) is 10.0 Å². The fourth-order valence-corrected chi connectivity index (χ4v) is 3.26. The van der Waals surface area contributed by atoms with E-state index in [9.17, 15) is 9.90 Å². The van der Waals surface area contributed by atoms with Gasteiger partial charge < -0.3 is 9.84 Å². The van der Waals surface area contributed by atoms with Crippen molar-refractivity contribution >= 4 is 34.2 Å². The van der Waals surface area contributed by atoms with Crippen LogP contribution in [0, 0.1) is 0 Å². The van der Waals surface area contributed by atoms with Crippen LogP contribution in [0.5, 0.6) is 5.75 Å². The lowest BCUT2D eigenvalue weighted by molar-refractivity contribution is 0.0925. The van der Waals surface area contributed by atoms with Crippen molar-refractivity contribution in [3.63, 3.8) is 0 Å². The van der Waals surface area contributed by atoms with E-state index in [-0.39, 0.29) is 18.8 Å². The summed E-state index contributed by atoms with van der Waals surface area (Å²) in [6.07, 6.45) is -0.861. The Morgan fingerprint density at radius 2 is 1.80 bits per heavy atom. The summed E-state index contributed by atoms with van der Waals surface area (Å²) in [5.74, 6) is 0.438. The number of imidazole rings is 1. The molecule has 0 saturated heterocycles. The molecule has 3 aromatic rings. The molecule has 132 valence electrons. The Balaban J connectivity index is 1.77. The first-order chi connectivity index (χ1) is 12.0. The molecule has 5 nitrogen and oxygen atoms in total. The zero-order chi connectivity index (χ0) is 18.0. The molecule has 0 amide bonds. The van der Waals surface area contributed by atoms with Gasteiger partial charge in [-0.25, -0.2) is 4.79 Å². The minimum Gasteiger partial charge on any atom is -0.489 e. The van der Waals surface area contributed by atoms with Gasteiger partial charge in [0.1, 0.15) is 18.5 Å². The number of aliphatic hydroxyl groups is 1. The van der Waals surface area contributed by atoms with Gasteiger partial charge in [0.2, 0.25) is 0 Å². The van der Waals surface area contributed by atoms with Crippen molar-refractivity contribution in [3.05, 3.63) is 63.0 Å². The monoisotopic (exact) mass is 380 g/mol. The number of aliphatic hydroxyl groups excluding tert-OH is 1. The average molecular weight is 381 g/mol. The Hall–Kier alpha value is -1.95. The van der Waals surface area contributed by atoms with Gasteiger partial charge in [-0.3, -0.25) is 9.13 Å². The number of hydrogen-bond acceptors (Lipinski definition) is 3. The van der Waals surface area contributed by atoms with Crippen LogP contribution >= 0.6 is 23.2 Å². The third-order valence-corrected chi connectivity index (χ3v) is 4.49. The molecule has 7 heteroatoms. The summed E-state index contributed by atoms with van der Waals surface area (Å²) in [7, 11) is 0. The zero-order valence-electron chi connectivity index (χ0n) is 13.7. The summed E-state index contributed by atoms with van der Waals surface area (Å²) in [4.78, 5) is 12.6. The molecule has 1 atom stereocenters. The molecule has 0 saturated carbocycles. The minimum absolute atomic E-state index is 0.0133. The lowest BCUT2D eigenvalue weighted by atomic mass is 10.3. The third kappa shape index (κ3) is 3.68. The molecule has 0 bridgehead atoms. The molecule has 1 aromatic heterocycles. The molecule has 0 aliphatic rings. The molecule has 0 fully saturated rings. The van der Waals surface area contributed by atoms with Gasteiger partial charge in [0.25, 0.3) is 0 Å². The maximum atomic E-state index is 12.6. The number of nitrogens with zero attached hydrogens (tertiary/aromatic N) is 2. The van der Waals surface area contributed by atoms with Crippen LogP contribution in [-0.2, 0) is 13.1 Å². The number of hydrogen-bond donors (Lipinski definition) is 1. The molecule has 0 spiro atoms. The zero-order valence-corrected chi connectivity index (χ0v) is 15.2. The molecule has 1 unspecified atom stereocenters. The van der Waals surface area contributed by atoms with Gasteiger partial charge in [-0.15, -0.1) is 0 Å². The summed E-state index contributed by atoms with van der Waals surface area (Å²) in [6.45, 7) is 2.64. The number of fused-ring (bicyclic) bond motifs is 1. The quantitative estimate of drug-likeness (QED) is 0.710. The fraction of sp³-hybridized carbons (Fsp3) is 0.278. The summed E-state index contributed by atoms with van der Waals surface area (Å²) >= 11 is 11.9. The lowest BCUT2D eigenvalue weighted by Crippen LogP contribution is -2.31. The Morgan fingerprint density at radius 1 is 1.12 bits per heavy atom. The number of rotatable bonds is 6. The number of aromatic nitrogens is 2. The first kappa shape index (κ1) is 17.9. The summed E-state index contributed by atoms with van der Waals surface area (Å²) in [5, 5.41) is 11.2. The van der Waals surface area contributed by atoms with Gasteiger partial charge in [0, 0.05) is 11.6 Å². The van der Waals surface area contributed by atoms with E-state index in [4.69, 9.17) is 27.9 Å². The van der Waals surface area contributed by atoms with Gasteiger partial charge in [-0.05, 0) is 37.3 Å². The van der Waals surface area contributed by atoms with Crippen molar-refractivity contribution in [1.82, 2.24) is 9.13 Å². The topological polar surface area (TPSA) is 56.4 Å². The van der Waals surface area contributed by atoms with Gasteiger partial charge in [0.05, 0.1) is 22.6 Å². The number of para-hydroxylation sites is 2. The van der Waals surface area contributed by atoms with Gasteiger partial charge in [-0.1, -0.05) is 35.3 Å². The molecule has 1 heterocycles. The smallest absolute Gasteiger partial charge is 0.329 e. The van der Waals surface area contributed by atoms with E-state index in [0.29, 0.717) is 22.3 Å². The predicted molar refractivity (Wildman–Crippen MR) is 99.8 cm³/mol. The second kappa shape index (κ2) is 7.52. The number of aryl methyl sites for hydroxylation is 1. The van der Waals surface area contributed by atoms with E-state index in [0.717, 1.165) is 11.0 Å². The molecular weight excluding hydrogens is 363 g/mol. The van der Waals surface area contributed by atoms with E-state index in [1.165, 1.54) is 0 Å². The Morgan fingerprint density at radius 3 is 2.44 bits per heavy atom. The van der Waals surface area contributed by atoms with E-state index in [1.807, 2.05) is 31.2 Å². The molecule has 3 rings (SSSR count). The Labute approximate surface area is 155 Å². The van der Waals surface area contributed by atoms with Crippen LogP contribution in [0.1, 0.15) is 6.92 Å². The van der Waals surface area contributed by atoms with E-state index >= 15 is 0 Å². The first-order valence-electron chi connectivity index (χ1n) is 7.95. The third-order valence-electron chi connectivity index (χ3n) is 3.96. The highest BCUT2D eigenvalue weighted by Gasteiger charge is 2.15. The molecule has 25 heavy (non-hydrogen) atoms. The summed E-state index contributed by atoms with van der Waals surface area (Å²) in [5.41, 5.74) is 1.49. The summed E-state index contributed by atoms with van der Waals surface area (Å²) < 4.78 is 8.79. The Kier molecular flexibility index (Phi) is 5.37. The molecule has 0 aliphatic heterocycles. The fourth-order valence-electron chi connectivity index (χ4n) is 2.80. The van der Waals surface area contributed by atoms with Crippen LogP contribution in [0.4, 0.5) is 0 Å². The van der Waals surface area contributed by atoms with Gasteiger partial charge >= 0.3 is 5.69 Å². The molecule has 0 aliphatic carbocycles. The lowest BCUT2D eigenvalue weighted by Gasteiger charge is -2.14. The van der Waals surface area contributed by atoms with E-state index in [2.05, 4.69) is 0 Å². The van der Waals surface area contributed by atoms with Crippen LogP contribution in [0.15, 0.2) is 47.3 Å². The highest BCUT2D eigenvalue weighted by Crippen LogP contribution is 2.27. The standard InChI is InChI=1S/C18H18Cl2N2O3/c1-2-21-15-5-3-4-6-16(15)22(18(21)24)10-13(23)11-25-17-8-7-12(19)9-14(17)20/h3-9,13,23H,2,10-11H2,1H3. The Bertz CT molecular complexity index is 949. The number of ether oxygens (including phenoxy) is 1. The largest absolute Gasteiger partial charge is 0.489 e. The van der Waals surface area contributed by atoms with Crippen molar-refractivity contribution in [3.8, 4) is 5.75 Å². The second-order valence-electron chi connectivity index (χ2n) is 5.67. The van der Waals surface area contributed by atoms with Gasteiger partial charge in [-0.2, -0.15) is 0 Å². The maximum absolute atomic E-state index is 12.6. The van der Waals surface area contributed by atoms with E-state index in [1.54, 1.807) is 27.3 Å². The van der Waals surface area contributed by atoms with Crippen LogP contribution < -0.4 is 10.4 Å². The maximum Gasteiger partial charge on any atom is 0.329 e. The number of benzene rings is 2. The molecule has 1 N–H and O–H groups in total. The minimum atomic E-state index is -0.861. The molecule has 2 aromatic carbocycles. The van der Waals surface area contributed by atoms with Crippen molar-refractivity contribution < 1.29 is 9.84 Å². The predicted octanol–water partition coefficient (Wildman–Crippen LogP) is 3.57. The highest BCUT2D eigenvalue weighted by atomic mass is 35.5. The van der Waals surface area contributed by atoms with Crippen LogP contribution in [0.3, 0.4) is 0 Å². The molecular formula is C18H18Cl2N2O3. The van der Waals surface area contributed by atoms with Crippen molar-refractivity contribution in [2.24, 2.45) is 0 Å². The van der Waals surface area contributed by atoms with Gasteiger partial charge in [0.15, 0.2) is 0 Å². The highest BCUT2D eigenvalue weighted by molar-refractivity contribution is 6.35. The second-order valence-corrected chi connectivity index (χ2v) is 6.51. The van der Waals surface area contributed by atoms with Crippen molar-refractivity contribution in [1.29, 1.82) is 0 Å². The van der Waals surface area contributed by atoms with Crippen molar-refractivity contribution in [2.45, 2.75) is 26.1 Å². The number of halogens is 2. The van der Waals surface area contributed by atoms with Crippen LogP contribution in [-0.4, -0.2) is 27.0 Å². The normalized spacial score (nSPS) is 12.5. The van der Waals surface area contributed by atoms with E-state index < -0.39 is 6.10 Å². The van der Waals surface area contributed by atoms with Crippen molar-refractivity contribution in [2.75, 3.05) is 6.61 Å². The van der Waals surface area contributed by atoms with Crippen LogP contribution in [0.25, 0.3) is 11.0 Å². The average Bonchev–Trinajstić information content (AvgIpc) is 2.86. The SMILES string of the molecule is CCn1c(=O)n(CC(O)COc2ccc(Cl)cc2Cl)c2ccccc21. The first-order valence-corrected chi connectivity index (χ1v) is 8.70.